The minimum absolute atomic E-state index is 0.565. The molecular weight excluding hydrogens is 218 g/mol. The summed E-state index contributed by atoms with van der Waals surface area (Å²) in [6.07, 6.45) is 1.88. The van der Waals surface area contributed by atoms with E-state index in [2.05, 4.69) is 47.6 Å². The van der Waals surface area contributed by atoms with E-state index >= 15 is 0 Å². The minimum atomic E-state index is 0.565. The van der Waals surface area contributed by atoms with E-state index in [4.69, 9.17) is 5.73 Å². The van der Waals surface area contributed by atoms with Crippen LogP contribution in [0, 0.1) is 0 Å². The number of hydrogen-bond donors (Lipinski definition) is 1. The summed E-state index contributed by atoms with van der Waals surface area (Å²) in [6, 6.07) is 4.15. The van der Waals surface area contributed by atoms with Gasteiger partial charge in [-0.1, -0.05) is 19.9 Å². The third kappa shape index (κ3) is 2.68. The standard InChI is InChI=1S/C12H19N3S/c1-9-7-15(8-10(2)16-9)12-4-3-11(5-13)6-14-12/h3-4,6,9-10H,5,7-8,13H2,1-2H3. The predicted molar refractivity (Wildman–Crippen MR) is 70.9 cm³/mol. The number of aromatic nitrogens is 1. The van der Waals surface area contributed by atoms with Gasteiger partial charge in [0.15, 0.2) is 0 Å². The van der Waals surface area contributed by atoms with Crippen molar-refractivity contribution >= 4 is 17.6 Å². The topological polar surface area (TPSA) is 42.1 Å². The summed E-state index contributed by atoms with van der Waals surface area (Å²) in [4.78, 5) is 6.85. The van der Waals surface area contributed by atoms with Gasteiger partial charge in [0.25, 0.3) is 0 Å². The molecule has 1 aliphatic heterocycles. The second-order valence-corrected chi connectivity index (χ2v) is 6.27. The van der Waals surface area contributed by atoms with Crippen LogP contribution < -0.4 is 10.6 Å². The van der Waals surface area contributed by atoms with Crippen molar-refractivity contribution in [3.63, 3.8) is 0 Å². The average molecular weight is 237 g/mol. The number of pyridine rings is 1. The van der Waals surface area contributed by atoms with Crippen LogP contribution in [0.4, 0.5) is 5.82 Å². The molecule has 0 amide bonds. The molecule has 4 heteroatoms. The minimum Gasteiger partial charge on any atom is -0.354 e. The molecule has 3 nitrogen and oxygen atoms in total. The second kappa shape index (κ2) is 5.06. The maximum atomic E-state index is 5.57. The third-order valence-corrected chi connectivity index (χ3v) is 4.02. The molecule has 0 aromatic carbocycles. The first-order valence-electron chi connectivity index (χ1n) is 5.74. The molecule has 0 radical (unpaired) electrons. The Morgan fingerprint density at radius 1 is 1.38 bits per heavy atom. The molecular formula is C12H19N3S. The number of anilines is 1. The molecule has 2 N–H and O–H groups in total. The SMILES string of the molecule is CC1CN(c2ccc(CN)cn2)CC(C)S1. The van der Waals surface area contributed by atoms with Gasteiger partial charge in [0.2, 0.25) is 0 Å². The molecule has 88 valence electrons. The monoisotopic (exact) mass is 237 g/mol. The zero-order valence-electron chi connectivity index (χ0n) is 9.89. The molecule has 0 aliphatic carbocycles. The first-order chi connectivity index (χ1) is 7.69. The van der Waals surface area contributed by atoms with Gasteiger partial charge in [0, 0.05) is 36.3 Å². The lowest BCUT2D eigenvalue weighted by molar-refractivity contribution is 0.718. The Labute approximate surface area is 101 Å². The van der Waals surface area contributed by atoms with Crippen LogP contribution in [0.5, 0.6) is 0 Å². The van der Waals surface area contributed by atoms with Crippen molar-refractivity contribution in [2.24, 2.45) is 5.73 Å². The van der Waals surface area contributed by atoms with Crippen LogP contribution in [0.1, 0.15) is 19.4 Å². The number of thioether (sulfide) groups is 1. The van der Waals surface area contributed by atoms with E-state index in [-0.39, 0.29) is 0 Å². The maximum Gasteiger partial charge on any atom is 0.128 e. The van der Waals surface area contributed by atoms with Crippen molar-refractivity contribution in [2.45, 2.75) is 30.9 Å². The molecule has 1 aliphatic rings. The van der Waals surface area contributed by atoms with Crippen molar-refractivity contribution in [3.05, 3.63) is 23.9 Å². The number of hydrogen-bond acceptors (Lipinski definition) is 4. The summed E-state index contributed by atoms with van der Waals surface area (Å²) >= 11 is 2.06. The van der Waals surface area contributed by atoms with E-state index in [9.17, 15) is 0 Å². The number of rotatable bonds is 2. The van der Waals surface area contributed by atoms with Crippen molar-refractivity contribution in [1.29, 1.82) is 0 Å². The molecule has 1 saturated heterocycles. The lowest BCUT2D eigenvalue weighted by atomic mass is 10.2. The molecule has 0 spiro atoms. The van der Waals surface area contributed by atoms with Gasteiger partial charge in [-0.15, -0.1) is 0 Å². The van der Waals surface area contributed by atoms with Crippen molar-refractivity contribution < 1.29 is 0 Å². The lowest BCUT2D eigenvalue weighted by Gasteiger charge is -2.35. The lowest BCUT2D eigenvalue weighted by Crippen LogP contribution is -2.40. The molecule has 1 aromatic rings. The smallest absolute Gasteiger partial charge is 0.128 e. The molecule has 1 aromatic heterocycles. The number of nitrogens with zero attached hydrogens (tertiary/aromatic N) is 2. The summed E-state index contributed by atoms with van der Waals surface area (Å²) < 4.78 is 0. The molecule has 2 rings (SSSR count). The maximum absolute atomic E-state index is 5.57. The molecule has 0 bridgehead atoms. The van der Waals surface area contributed by atoms with Gasteiger partial charge in [-0.25, -0.2) is 4.98 Å². The van der Waals surface area contributed by atoms with Gasteiger partial charge in [-0.2, -0.15) is 11.8 Å². The summed E-state index contributed by atoms with van der Waals surface area (Å²) in [5.41, 5.74) is 6.66. The summed E-state index contributed by atoms with van der Waals surface area (Å²) in [5.74, 6) is 1.08. The van der Waals surface area contributed by atoms with E-state index in [1.165, 1.54) is 0 Å². The summed E-state index contributed by atoms with van der Waals surface area (Å²) in [5, 5.41) is 1.36. The molecule has 1 fully saturated rings. The summed E-state index contributed by atoms with van der Waals surface area (Å²) in [7, 11) is 0. The molecule has 2 heterocycles. The van der Waals surface area contributed by atoms with Gasteiger partial charge in [-0.3, -0.25) is 0 Å². The Morgan fingerprint density at radius 3 is 2.56 bits per heavy atom. The van der Waals surface area contributed by atoms with E-state index in [1.54, 1.807) is 0 Å². The normalized spacial score (nSPS) is 25.8. The van der Waals surface area contributed by atoms with Crippen LogP contribution in [-0.4, -0.2) is 28.6 Å². The zero-order valence-corrected chi connectivity index (χ0v) is 10.7. The molecule has 2 atom stereocenters. The Bertz CT molecular complexity index is 329. The van der Waals surface area contributed by atoms with Crippen molar-refractivity contribution in [3.8, 4) is 0 Å². The van der Waals surface area contributed by atoms with E-state index in [1.807, 2.05) is 6.20 Å². The fourth-order valence-electron chi connectivity index (χ4n) is 2.09. The highest BCUT2D eigenvalue weighted by Crippen LogP contribution is 2.27. The van der Waals surface area contributed by atoms with Crippen LogP contribution >= 0.6 is 11.8 Å². The second-order valence-electron chi connectivity index (χ2n) is 4.39. The van der Waals surface area contributed by atoms with E-state index < -0.39 is 0 Å². The van der Waals surface area contributed by atoms with Crippen LogP contribution in [0.2, 0.25) is 0 Å². The van der Waals surface area contributed by atoms with Crippen LogP contribution in [0.15, 0.2) is 18.3 Å². The highest BCUT2D eigenvalue weighted by molar-refractivity contribution is 8.00. The Balaban J connectivity index is 2.10. The average Bonchev–Trinajstić information content (AvgIpc) is 2.28. The van der Waals surface area contributed by atoms with E-state index in [0.717, 1.165) is 24.5 Å². The predicted octanol–water partition coefficient (Wildman–Crippen LogP) is 1.87. The van der Waals surface area contributed by atoms with Gasteiger partial charge >= 0.3 is 0 Å². The summed E-state index contributed by atoms with van der Waals surface area (Å²) in [6.45, 7) is 7.30. The first kappa shape index (κ1) is 11.7. The van der Waals surface area contributed by atoms with Crippen LogP contribution in [0.25, 0.3) is 0 Å². The van der Waals surface area contributed by atoms with Crippen LogP contribution in [-0.2, 0) is 6.54 Å². The van der Waals surface area contributed by atoms with Gasteiger partial charge < -0.3 is 10.6 Å². The molecule has 0 saturated carbocycles. The fraction of sp³-hybridized carbons (Fsp3) is 0.583. The van der Waals surface area contributed by atoms with Crippen molar-refractivity contribution in [2.75, 3.05) is 18.0 Å². The van der Waals surface area contributed by atoms with Gasteiger partial charge in [0.05, 0.1) is 0 Å². The highest BCUT2D eigenvalue weighted by atomic mass is 32.2. The molecule has 2 unspecified atom stereocenters. The Kier molecular flexibility index (Phi) is 3.71. The first-order valence-corrected chi connectivity index (χ1v) is 6.68. The number of nitrogens with two attached hydrogens (primary N) is 1. The zero-order chi connectivity index (χ0) is 11.5. The quantitative estimate of drug-likeness (QED) is 0.852. The van der Waals surface area contributed by atoms with Gasteiger partial charge in [-0.05, 0) is 11.6 Å². The largest absolute Gasteiger partial charge is 0.354 e. The molecule has 16 heavy (non-hydrogen) atoms. The van der Waals surface area contributed by atoms with E-state index in [0.29, 0.717) is 17.0 Å². The Morgan fingerprint density at radius 2 is 2.06 bits per heavy atom. The van der Waals surface area contributed by atoms with Gasteiger partial charge in [0.1, 0.15) is 5.82 Å². The van der Waals surface area contributed by atoms with Crippen molar-refractivity contribution in [1.82, 2.24) is 4.98 Å². The third-order valence-electron chi connectivity index (χ3n) is 2.79. The highest BCUT2D eigenvalue weighted by Gasteiger charge is 2.22. The van der Waals surface area contributed by atoms with Crippen LogP contribution in [0.3, 0.4) is 0 Å². The fourth-order valence-corrected chi connectivity index (χ4v) is 3.41. The Hall–Kier alpha value is -0.740.